The molecule has 2 aromatic carbocycles. The van der Waals surface area contributed by atoms with Gasteiger partial charge in [0, 0.05) is 37.8 Å². The fraction of sp³-hybridized carbons (Fsp3) is 0.200. The third-order valence-electron chi connectivity index (χ3n) is 6.21. The van der Waals surface area contributed by atoms with Crippen molar-refractivity contribution in [1.29, 1.82) is 0 Å². The molecule has 0 saturated carbocycles. The van der Waals surface area contributed by atoms with Crippen LogP contribution in [0, 0.1) is 11.6 Å². The molecular formula is C25H20F2N4O2. The van der Waals surface area contributed by atoms with Gasteiger partial charge in [0.2, 0.25) is 0 Å². The molecule has 6 nitrogen and oxygen atoms in total. The number of fused-ring (bicyclic) bond motifs is 4. The zero-order valence-electron chi connectivity index (χ0n) is 17.6. The lowest BCUT2D eigenvalue weighted by Crippen LogP contribution is -2.43. The van der Waals surface area contributed by atoms with Crippen LogP contribution < -0.4 is 15.0 Å². The van der Waals surface area contributed by atoms with E-state index in [2.05, 4.69) is 10.3 Å². The van der Waals surface area contributed by atoms with Crippen molar-refractivity contribution in [3.8, 4) is 17.1 Å². The summed E-state index contributed by atoms with van der Waals surface area (Å²) in [5.41, 5.74) is 2.72. The molecule has 4 heterocycles. The maximum absolute atomic E-state index is 15.8. The normalized spacial score (nSPS) is 15.1. The van der Waals surface area contributed by atoms with E-state index in [4.69, 9.17) is 4.74 Å². The number of piperazine rings is 1. The van der Waals surface area contributed by atoms with Crippen molar-refractivity contribution in [3.05, 3.63) is 77.5 Å². The summed E-state index contributed by atoms with van der Waals surface area (Å²) in [5.74, 6) is -0.744. The molecule has 1 N–H and O–H groups in total. The van der Waals surface area contributed by atoms with E-state index < -0.39 is 5.82 Å². The van der Waals surface area contributed by atoms with E-state index in [1.54, 1.807) is 42.6 Å². The van der Waals surface area contributed by atoms with Crippen LogP contribution in [-0.2, 0) is 6.61 Å². The second-order valence-electron chi connectivity index (χ2n) is 8.18. The largest absolute Gasteiger partial charge is 0.487 e. The van der Waals surface area contributed by atoms with Crippen LogP contribution in [0.25, 0.3) is 22.3 Å². The summed E-state index contributed by atoms with van der Waals surface area (Å²) < 4.78 is 36.7. The molecule has 0 amide bonds. The van der Waals surface area contributed by atoms with Crippen LogP contribution in [-0.4, -0.2) is 41.6 Å². The van der Waals surface area contributed by atoms with Gasteiger partial charge < -0.3 is 15.0 Å². The Balaban J connectivity index is 1.51. The van der Waals surface area contributed by atoms with Gasteiger partial charge in [0.05, 0.1) is 11.4 Å². The summed E-state index contributed by atoms with van der Waals surface area (Å²) in [6.45, 7) is 3.06. The lowest BCUT2D eigenvalue weighted by molar-refractivity contribution is 0.0965. The number of benzene rings is 2. The topological polar surface area (TPSA) is 59.4 Å². The lowest BCUT2D eigenvalue weighted by atomic mass is 10.1. The molecular weight excluding hydrogens is 426 g/mol. The number of nitrogens with zero attached hydrogens (tertiary/aromatic N) is 3. The van der Waals surface area contributed by atoms with Crippen molar-refractivity contribution >= 4 is 22.5 Å². The number of hydrogen-bond acceptors (Lipinski definition) is 5. The van der Waals surface area contributed by atoms with Crippen LogP contribution in [0.2, 0.25) is 0 Å². The molecule has 2 aliphatic rings. The number of rotatable bonds is 4. The van der Waals surface area contributed by atoms with E-state index >= 15 is 4.39 Å². The van der Waals surface area contributed by atoms with Gasteiger partial charge in [-0.05, 0) is 42.0 Å². The van der Waals surface area contributed by atoms with Crippen LogP contribution in [0.1, 0.15) is 15.9 Å². The average Bonchev–Trinajstić information content (AvgIpc) is 3.42. The Labute approximate surface area is 188 Å². The molecule has 0 bridgehead atoms. The number of ether oxygens (including phenoxy) is 1. The average molecular weight is 446 g/mol. The van der Waals surface area contributed by atoms with Crippen molar-refractivity contribution in [2.75, 3.05) is 31.1 Å². The number of carbonyl (C=O) groups excluding carboxylic acids is 1. The minimum absolute atomic E-state index is 0.106. The molecule has 8 heteroatoms. The van der Waals surface area contributed by atoms with Gasteiger partial charge in [-0.3, -0.25) is 9.36 Å². The van der Waals surface area contributed by atoms with E-state index in [0.717, 1.165) is 18.7 Å². The summed E-state index contributed by atoms with van der Waals surface area (Å²) in [5, 5.41) is 3.71. The third kappa shape index (κ3) is 3.17. The molecule has 1 saturated heterocycles. The second-order valence-corrected chi connectivity index (χ2v) is 8.18. The molecule has 6 rings (SSSR count). The molecule has 2 aromatic heterocycles. The van der Waals surface area contributed by atoms with Crippen LogP contribution >= 0.6 is 0 Å². The number of pyridine rings is 1. The molecule has 4 aromatic rings. The van der Waals surface area contributed by atoms with Gasteiger partial charge in [0.25, 0.3) is 5.91 Å². The van der Waals surface area contributed by atoms with Gasteiger partial charge in [0.1, 0.15) is 34.9 Å². The molecule has 0 atom stereocenters. The van der Waals surface area contributed by atoms with Crippen molar-refractivity contribution in [2.24, 2.45) is 0 Å². The zero-order chi connectivity index (χ0) is 22.5. The molecule has 1 fully saturated rings. The minimum Gasteiger partial charge on any atom is -0.487 e. The van der Waals surface area contributed by atoms with Gasteiger partial charge in [0.15, 0.2) is 5.82 Å². The number of aromatic nitrogens is 2. The summed E-state index contributed by atoms with van der Waals surface area (Å²) in [6.07, 6.45) is 1.66. The summed E-state index contributed by atoms with van der Waals surface area (Å²) in [4.78, 5) is 19.8. The highest BCUT2D eigenvalue weighted by Gasteiger charge is 2.34. The second kappa shape index (κ2) is 7.67. The Bertz CT molecular complexity index is 1390. The quantitative estimate of drug-likeness (QED) is 0.453. The van der Waals surface area contributed by atoms with E-state index in [0.29, 0.717) is 46.9 Å². The number of hydrogen-bond donors (Lipinski definition) is 1. The van der Waals surface area contributed by atoms with E-state index in [1.165, 1.54) is 16.7 Å². The van der Waals surface area contributed by atoms with Crippen molar-refractivity contribution in [1.82, 2.24) is 14.9 Å². The maximum Gasteiger partial charge on any atom is 0.268 e. The first-order chi connectivity index (χ1) is 16.1. The molecule has 0 aliphatic carbocycles. The molecule has 0 radical (unpaired) electrons. The Kier molecular flexibility index (Phi) is 4.62. The summed E-state index contributed by atoms with van der Waals surface area (Å²) >= 11 is 0. The number of nitrogens with one attached hydrogen (secondary N) is 1. The highest BCUT2D eigenvalue weighted by atomic mass is 19.1. The lowest BCUT2D eigenvalue weighted by Gasteiger charge is -2.30. The monoisotopic (exact) mass is 446 g/mol. The molecule has 166 valence electrons. The van der Waals surface area contributed by atoms with Crippen molar-refractivity contribution < 1.29 is 18.3 Å². The SMILES string of the molecule is O=C1c2c(nc3c(F)c(N4CCNCC4)ccc3c2OCc2ccc(F)cc2)-c2cccn21. The molecule has 0 spiro atoms. The summed E-state index contributed by atoms with van der Waals surface area (Å²) in [6, 6.07) is 13.0. The minimum atomic E-state index is -0.429. The summed E-state index contributed by atoms with van der Waals surface area (Å²) in [7, 11) is 0. The smallest absolute Gasteiger partial charge is 0.268 e. The number of halogens is 2. The van der Waals surface area contributed by atoms with E-state index in [-0.39, 0.29) is 23.8 Å². The van der Waals surface area contributed by atoms with Crippen molar-refractivity contribution in [3.63, 3.8) is 0 Å². The van der Waals surface area contributed by atoms with Crippen molar-refractivity contribution in [2.45, 2.75) is 6.61 Å². The predicted molar refractivity (Wildman–Crippen MR) is 121 cm³/mol. The first-order valence-corrected chi connectivity index (χ1v) is 10.8. The highest BCUT2D eigenvalue weighted by Crippen LogP contribution is 2.43. The van der Waals surface area contributed by atoms with Crippen LogP contribution in [0.15, 0.2) is 54.7 Å². The highest BCUT2D eigenvalue weighted by molar-refractivity contribution is 6.14. The number of carbonyl (C=O) groups is 1. The Morgan fingerprint density at radius 2 is 1.82 bits per heavy atom. The van der Waals surface area contributed by atoms with Crippen LogP contribution in [0.4, 0.5) is 14.5 Å². The molecule has 0 unspecified atom stereocenters. The van der Waals surface area contributed by atoms with E-state index in [9.17, 15) is 9.18 Å². The Morgan fingerprint density at radius 1 is 1.03 bits per heavy atom. The fourth-order valence-electron chi connectivity index (χ4n) is 4.55. The Hall–Kier alpha value is -3.78. The first kappa shape index (κ1) is 19.9. The predicted octanol–water partition coefficient (Wildman–Crippen LogP) is 3.97. The molecule has 33 heavy (non-hydrogen) atoms. The zero-order valence-corrected chi connectivity index (χ0v) is 17.6. The van der Waals surface area contributed by atoms with Gasteiger partial charge in [-0.2, -0.15) is 0 Å². The van der Waals surface area contributed by atoms with Gasteiger partial charge in [-0.25, -0.2) is 13.8 Å². The van der Waals surface area contributed by atoms with E-state index in [1.807, 2.05) is 4.90 Å². The fourth-order valence-corrected chi connectivity index (χ4v) is 4.55. The first-order valence-electron chi connectivity index (χ1n) is 10.8. The van der Waals surface area contributed by atoms with Crippen LogP contribution in [0.3, 0.4) is 0 Å². The standard InChI is InChI=1S/C25H20F2N4O2/c26-16-5-3-15(4-6-16)14-33-24-17-7-8-18(30-12-9-28-10-13-30)21(27)22(17)29-23-19-2-1-11-31(19)25(32)20(23)24/h1-8,11,28H,9-10,12-14H2. The Morgan fingerprint density at radius 3 is 2.61 bits per heavy atom. The van der Waals surface area contributed by atoms with Gasteiger partial charge in [-0.15, -0.1) is 0 Å². The maximum atomic E-state index is 15.8. The van der Waals surface area contributed by atoms with Gasteiger partial charge >= 0.3 is 0 Å². The van der Waals surface area contributed by atoms with Gasteiger partial charge in [-0.1, -0.05) is 12.1 Å². The number of anilines is 1. The van der Waals surface area contributed by atoms with Crippen LogP contribution in [0.5, 0.6) is 5.75 Å². The molecule has 2 aliphatic heterocycles. The third-order valence-corrected chi connectivity index (χ3v) is 6.21.